The van der Waals surface area contributed by atoms with Crippen LogP contribution < -0.4 is 10.6 Å². The van der Waals surface area contributed by atoms with E-state index in [4.69, 9.17) is 9.15 Å². The summed E-state index contributed by atoms with van der Waals surface area (Å²) in [5, 5.41) is 5.42. The maximum absolute atomic E-state index is 12.3. The van der Waals surface area contributed by atoms with Gasteiger partial charge in [0.05, 0.1) is 0 Å². The molecule has 3 aromatic rings. The minimum Gasteiger partial charge on any atom is -0.449 e. The van der Waals surface area contributed by atoms with Crippen molar-refractivity contribution in [2.75, 3.05) is 24.4 Å². The van der Waals surface area contributed by atoms with Gasteiger partial charge in [0.25, 0.3) is 5.91 Å². The van der Waals surface area contributed by atoms with Crippen molar-refractivity contribution < 1.29 is 18.7 Å². The Morgan fingerprint density at radius 2 is 1.76 bits per heavy atom. The zero-order valence-corrected chi connectivity index (χ0v) is 13.8. The maximum Gasteiger partial charge on any atom is 0.291 e. The monoisotopic (exact) mass is 339 g/mol. The topological polar surface area (TPSA) is 93.5 Å². The molecule has 0 saturated carbocycles. The lowest BCUT2D eigenvalue weighted by Gasteiger charge is -2.06. The SMILES string of the molecule is COCC(=O)Nc1ccc(NC(=O)c2cc3nc(C)ccc3o2)cc1. The number of benzene rings is 1. The van der Waals surface area contributed by atoms with Crippen molar-refractivity contribution in [1.82, 2.24) is 4.98 Å². The number of hydrogen-bond acceptors (Lipinski definition) is 5. The summed E-state index contributed by atoms with van der Waals surface area (Å²) in [5.41, 5.74) is 3.25. The van der Waals surface area contributed by atoms with Crippen LogP contribution >= 0.6 is 0 Å². The van der Waals surface area contributed by atoms with Crippen LogP contribution in [0.4, 0.5) is 11.4 Å². The first kappa shape index (κ1) is 16.7. The summed E-state index contributed by atoms with van der Waals surface area (Å²) >= 11 is 0. The highest BCUT2D eigenvalue weighted by Crippen LogP contribution is 2.20. The molecule has 7 heteroatoms. The molecule has 0 aliphatic rings. The largest absolute Gasteiger partial charge is 0.449 e. The number of hydrogen-bond donors (Lipinski definition) is 2. The highest BCUT2D eigenvalue weighted by molar-refractivity contribution is 6.04. The lowest BCUT2D eigenvalue weighted by Crippen LogP contribution is -2.17. The second-order valence-corrected chi connectivity index (χ2v) is 5.46. The molecule has 0 radical (unpaired) electrons. The summed E-state index contributed by atoms with van der Waals surface area (Å²) < 4.78 is 10.3. The molecule has 7 nitrogen and oxygen atoms in total. The Balaban J connectivity index is 1.68. The van der Waals surface area contributed by atoms with Gasteiger partial charge in [-0.25, -0.2) is 4.98 Å². The molecule has 25 heavy (non-hydrogen) atoms. The van der Waals surface area contributed by atoms with E-state index in [9.17, 15) is 9.59 Å². The molecule has 0 saturated heterocycles. The van der Waals surface area contributed by atoms with E-state index in [2.05, 4.69) is 15.6 Å². The quantitative estimate of drug-likeness (QED) is 0.745. The summed E-state index contributed by atoms with van der Waals surface area (Å²) in [7, 11) is 1.45. The number of anilines is 2. The molecule has 1 aromatic carbocycles. The lowest BCUT2D eigenvalue weighted by atomic mass is 10.2. The van der Waals surface area contributed by atoms with Crippen molar-refractivity contribution in [2.24, 2.45) is 0 Å². The smallest absolute Gasteiger partial charge is 0.291 e. The van der Waals surface area contributed by atoms with Crippen LogP contribution in [0.5, 0.6) is 0 Å². The number of methoxy groups -OCH3 is 1. The Hall–Kier alpha value is -3.19. The second kappa shape index (κ2) is 7.14. The van der Waals surface area contributed by atoms with Crippen LogP contribution in [-0.4, -0.2) is 30.5 Å². The third-order valence-electron chi connectivity index (χ3n) is 3.44. The van der Waals surface area contributed by atoms with E-state index >= 15 is 0 Å². The normalized spacial score (nSPS) is 10.6. The predicted molar refractivity (Wildman–Crippen MR) is 93.6 cm³/mol. The van der Waals surface area contributed by atoms with Crippen molar-refractivity contribution in [2.45, 2.75) is 6.92 Å². The Morgan fingerprint density at radius 1 is 1.08 bits per heavy atom. The third-order valence-corrected chi connectivity index (χ3v) is 3.44. The molecule has 2 aromatic heterocycles. The molecule has 0 bridgehead atoms. The molecule has 0 unspecified atom stereocenters. The van der Waals surface area contributed by atoms with Gasteiger partial charge in [-0.15, -0.1) is 0 Å². The van der Waals surface area contributed by atoms with Gasteiger partial charge in [0.15, 0.2) is 11.3 Å². The van der Waals surface area contributed by atoms with Gasteiger partial charge in [-0.1, -0.05) is 0 Å². The van der Waals surface area contributed by atoms with E-state index in [1.54, 1.807) is 36.4 Å². The molecule has 2 N–H and O–H groups in total. The zero-order chi connectivity index (χ0) is 17.8. The number of fused-ring (bicyclic) bond motifs is 1. The van der Waals surface area contributed by atoms with Crippen molar-refractivity contribution in [3.05, 3.63) is 53.9 Å². The fraction of sp³-hybridized carbons (Fsp3) is 0.167. The van der Waals surface area contributed by atoms with E-state index in [-0.39, 0.29) is 24.2 Å². The van der Waals surface area contributed by atoms with E-state index in [1.165, 1.54) is 7.11 Å². The number of ether oxygens (including phenoxy) is 1. The minimum atomic E-state index is -0.369. The van der Waals surface area contributed by atoms with Gasteiger partial charge in [-0.2, -0.15) is 0 Å². The molecular formula is C18H17N3O4. The summed E-state index contributed by atoms with van der Waals surface area (Å²) in [6.07, 6.45) is 0. The fourth-order valence-corrected chi connectivity index (χ4v) is 2.30. The minimum absolute atomic E-state index is 0.0158. The zero-order valence-electron chi connectivity index (χ0n) is 13.8. The number of aryl methyl sites for hydroxylation is 1. The maximum atomic E-state index is 12.3. The number of nitrogens with zero attached hydrogens (tertiary/aromatic N) is 1. The lowest BCUT2D eigenvalue weighted by molar-refractivity contribution is -0.119. The Labute approximate surface area is 144 Å². The number of furan rings is 1. The third kappa shape index (κ3) is 4.02. The molecule has 0 fully saturated rings. The first-order valence-electron chi connectivity index (χ1n) is 7.62. The summed E-state index contributed by atoms with van der Waals surface area (Å²) in [6.45, 7) is 1.86. The van der Waals surface area contributed by atoms with Crippen LogP contribution in [0, 0.1) is 6.92 Å². The van der Waals surface area contributed by atoms with E-state index < -0.39 is 0 Å². The van der Waals surface area contributed by atoms with Crippen LogP contribution in [-0.2, 0) is 9.53 Å². The van der Waals surface area contributed by atoms with Gasteiger partial charge in [-0.3, -0.25) is 9.59 Å². The Kier molecular flexibility index (Phi) is 4.76. The van der Waals surface area contributed by atoms with Gasteiger partial charge < -0.3 is 19.8 Å². The van der Waals surface area contributed by atoms with Crippen molar-refractivity contribution in [1.29, 1.82) is 0 Å². The first-order valence-corrected chi connectivity index (χ1v) is 7.62. The average Bonchev–Trinajstić information content (AvgIpc) is 3.00. The number of nitrogens with one attached hydrogen (secondary N) is 2. The molecule has 0 spiro atoms. The standard InChI is InChI=1S/C18H17N3O4/c1-11-3-8-15-14(19-11)9-16(25-15)18(23)21-13-6-4-12(5-7-13)20-17(22)10-24-2/h3-9H,10H2,1-2H3,(H,20,22)(H,21,23). The van der Waals surface area contributed by atoms with Gasteiger partial charge in [0, 0.05) is 30.2 Å². The van der Waals surface area contributed by atoms with Crippen LogP contribution in [0.1, 0.15) is 16.2 Å². The fourth-order valence-electron chi connectivity index (χ4n) is 2.30. The second-order valence-electron chi connectivity index (χ2n) is 5.46. The molecular weight excluding hydrogens is 322 g/mol. The van der Waals surface area contributed by atoms with Gasteiger partial charge in [-0.05, 0) is 43.3 Å². The number of pyridine rings is 1. The first-order chi connectivity index (χ1) is 12.0. The molecule has 0 aliphatic heterocycles. The van der Waals surface area contributed by atoms with Crippen LogP contribution in [0.25, 0.3) is 11.1 Å². The Bertz CT molecular complexity index is 916. The number of amides is 2. The molecule has 2 amide bonds. The molecule has 0 aliphatic carbocycles. The number of carbonyl (C=O) groups is 2. The number of aromatic nitrogens is 1. The van der Waals surface area contributed by atoms with Gasteiger partial charge in [0.1, 0.15) is 12.1 Å². The number of rotatable bonds is 5. The van der Waals surface area contributed by atoms with E-state index in [0.717, 1.165) is 5.69 Å². The van der Waals surface area contributed by atoms with Crippen molar-refractivity contribution >= 4 is 34.3 Å². The van der Waals surface area contributed by atoms with Crippen LogP contribution in [0.15, 0.2) is 46.9 Å². The Morgan fingerprint density at radius 3 is 2.44 bits per heavy atom. The van der Waals surface area contributed by atoms with Gasteiger partial charge in [0.2, 0.25) is 5.91 Å². The van der Waals surface area contributed by atoms with Gasteiger partial charge >= 0.3 is 0 Å². The summed E-state index contributed by atoms with van der Waals surface area (Å²) in [6, 6.07) is 12.0. The average molecular weight is 339 g/mol. The molecule has 128 valence electrons. The van der Waals surface area contributed by atoms with Crippen LogP contribution in [0.2, 0.25) is 0 Å². The highest BCUT2D eigenvalue weighted by atomic mass is 16.5. The van der Waals surface area contributed by atoms with Crippen LogP contribution in [0.3, 0.4) is 0 Å². The summed E-state index contributed by atoms with van der Waals surface area (Å²) in [5.74, 6) is -0.429. The van der Waals surface area contributed by atoms with Crippen molar-refractivity contribution in [3.63, 3.8) is 0 Å². The number of carbonyl (C=O) groups excluding carboxylic acids is 2. The molecule has 0 atom stereocenters. The molecule has 3 rings (SSSR count). The predicted octanol–water partition coefficient (Wildman–Crippen LogP) is 2.97. The molecule has 2 heterocycles. The van der Waals surface area contributed by atoms with E-state index in [1.807, 2.05) is 13.0 Å². The van der Waals surface area contributed by atoms with Crippen molar-refractivity contribution in [3.8, 4) is 0 Å². The van der Waals surface area contributed by atoms with E-state index in [0.29, 0.717) is 22.5 Å². The summed E-state index contributed by atoms with van der Waals surface area (Å²) in [4.78, 5) is 28.1. The highest BCUT2D eigenvalue weighted by Gasteiger charge is 2.13.